The Morgan fingerprint density at radius 3 is 2.38 bits per heavy atom. The molecule has 0 atom stereocenters. The molecule has 0 saturated carbocycles. The molecule has 0 spiro atoms. The van der Waals surface area contributed by atoms with Crippen LogP contribution in [0.15, 0.2) is 71.5 Å². The molecule has 0 radical (unpaired) electrons. The molecule has 5 heteroatoms. The molecule has 5 aromatic rings. The first kappa shape index (κ1) is 17.3. The van der Waals surface area contributed by atoms with E-state index in [0.717, 1.165) is 21.7 Å². The van der Waals surface area contributed by atoms with E-state index >= 15 is 0 Å². The number of fused-ring (bicyclic) bond motifs is 4. The summed E-state index contributed by atoms with van der Waals surface area (Å²) in [4.78, 5) is 18.3. The molecule has 0 aliphatic heterocycles. The zero-order valence-electron chi connectivity index (χ0n) is 16.0. The normalized spacial score (nSPS) is 12.1. The van der Waals surface area contributed by atoms with Crippen LogP contribution >= 0.6 is 0 Å². The molecule has 142 valence electrons. The number of hydrogen-bond acceptors (Lipinski definition) is 4. The van der Waals surface area contributed by atoms with Gasteiger partial charge in [0.05, 0.1) is 35.9 Å². The lowest BCUT2D eigenvalue weighted by molar-refractivity contribution is 0.358. The Kier molecular flexibility index (Phi) is 3.95. The van der Waals surface area contributed by atoms with E-state index in [9.17, 15) is 4.79 Å². The van der Waals surface area contributed by atoms with Crippen molar-refractivity contribution < 1.29 is 9.47 Å². The monoisotopic (exact) mass is 382 g/mol. The average Bonchev–Trinajstić information content (AvgIpc) is 3.07. The molecule has 3 aromatic carbocycles. The second-order valence-electron chi connectivity index (χ2n) is 6.76. The minimum absolute atomic E-state index is 0.106. The smallest absolute Gasteiger partial charge is 0.266 e. The van der Waals surface area contributed by atoms with E-state index in [1.807, 2.05) is 66.7 Å². The summed E-state index contributed by atoms with van der Waals surface area (Å²) in [5.41, 5.74) is 2.10. The van der Waals surface area contributed by atoms with E-state index in [0.29, 0.717) is 28.0 Å². The van der Waals surface area contributed by atoms with Gasteiger partial charge >= 0.3 is 0 Å². The van der Waals surface area contributed by atoms with Crippen LogP contribution in [0.1, 0.15) is 5.56 Å². The highest BCUT2D eigenvalue weighted by Gasteiger charge is 2.19. The van der Waals surface area contributed by atoms with E-state index in [1.165, 1.54) is 0 Å². The SMILES string of the molecule is COc1ccc2/c(=C\c3ccccc3)n3c(=O)c4ccccc4nc3c2c1OC. The van der Waals surface area contributed by atoms with Crippen LogP contribution in [-0.4, -0.2) is 23.6 Å². The highest BCUT2D eigenvalue weighted by Crippen LogP contribution is 2.36. The zero-order valence-corrected chi connectivity index (χ0v) is 16.0. The van der Waals surface area contributed by atoms with Gasteiger partial charge in [-0.25, -0.2) is 4.98 Å². The van der Waals surface area contributed by atoms with Gasteiger partial charge in [0.1, 0.15) is 0 Å². The van der Waals surface area contributed by atoms with E-state index < -0.39 is 0 Å². The van der Waals surface area contributed by atoms with Gasteiger partial charge in [-0.3, -0.25) is 9.20 Å². The number of benzene rings is 3. The van der Waals surface area contributed by atoms with E-state index in [2.05, 4.69) is 0 Å². The maximum atomic E-state index is 13.5. The Morgan fingerprint density at radius 2 is 1.62 bits per heavy atom. The van der Waals surface area contributed by atoms with Crippen LogP contribution in [0.5, 0.6) is 11.5 Å². The Hall–Kier alpha value is -3.86. The number of ether oxygens (including phenoxy) is 2. The highest BCUT2D eigenvalue weighted by molar-refractivity contribution is 6.04. The predicted molar refractivity (Wildman–Crippen MR) is 115 cm³/mol. The van der Waals surface area contributed by atoms with Gasteiger partial charge in [0.2, 0.25) is 0 Å². The molecule has 0 fully saturated rings. The zero-order chi connectivity index (χ0) is 20.0. The quantitative estimate of drug-likeness (QED) is 0.479. The summed E-state index contributed by atoms with van der Waals surface area (Å²) in [7, 11) is 3.20. The van der Waals surface area contributed by atoms with Crippen LogP contribution in [0.25, 0.3) is 33.4 Å². The molecular weight excluding hydrogens is 364 g/mol. The van der Waals surface area contributed by atoms with Gasteiger partial charge in [0, 0.05) is 5.39 Å². The molecule has 5 rings (SSSR count). The van der Waals surface area contributed by atoms with Crippen molar-refractivity contribution in [3.8, 4) is 11.5 Å². The molecule has 0 aliphatic carbocycles. The number of methoxy groups -OCH3 is 2. The summed E-state index contributed by atoms with van der Waals surface area (Å²) in [5.74, 6) is 1.17. The van der Waals surface area contributed by atoms with Crippen LogP contribution in [0.4, 0.5) is 0 Å². The minimum Gasteiger partial charge on any atom is -0.493 e. The van der Waals surface area contributed by atoms with Gasteiger partial charge in [0.15, 0.2) is 17.1 Å². The fourth-order valence-electron chi connectivity index (χ4n) is 3.86. The third-order valence-electron chi connectivity index (χ3n) is 5.16. The molecule has 2 aromatic heterocycles. The molecule has 0 amide bonds. The van der Waals surface area contributed by atoms with Gasteiger partial charge in [-0.05, 0) is 35.9 Å². The predicted octanol–water partition coefficient (Wildman–Crippen LogP) is 3.57. The maximum absolute atomic E-state index is 13.5. The Labute approximate surface area is 166 Å². The first-order valence-electron chi connectivity index (χ1n) is 9.27. The van der Waals surface area contributed by atoms with Crippen molar-refractivity contribution in [3.63, 3.8) is 0 Å². The van der Waals surface area contributed by atoms with E-state index in [4.69, 9.17) is 14.5 Å². The van der Waals surface area contributed by atoms with Gasteiger partial charge < -0.3 is 9.47 Å². The van der Waals surface area contributed by atoms with Gasteiger partial charge in [-0.2, -0.15) is 0 Å². The molecule has 29 heavy (non-hydrogen) atoms. The Morgan fingerprint density at radius 1 is 0.862 bits per heavy atom. The number of para-hydroxylation sites is 1. The Balaban J connectivity index is 2.09. The third-order valence-corrected chi connectivity index (χ3v) is 5.16. The number of hydrogen-bond donors (Lipinski definition) is 0. The largest absolute Gasteiger partial charge is 0.493 e. The van der Waals surface area contributed by atoms with Crippen molar-refractivity contribution >= 4 is 33.4 Å². The third kappa shape index (κ3) is 2.55. The van der Waals surface area contributed by atoms with Crippen molar-refractivity contribution in [2.24, 2.45) is 0 Å². The Bertz CT molecular complexity index is 1490. The van der Waals surface area contributed by atoms with Crippen LogP contribution in [0.3, 0.4) is 0 Å². The molecule has 0 saturated heterocycles. The summed E-state index contributed by atoms with van der Waals surface area (Å²) in [6.07, 6.45) is 2.00. The van der Waals surface area contributed by atoms with E-state index in [-0.39, 0.29) is 5.56 Å². The lowest BCUT2D eigenvalue weighted by Gasteiger charge is -2.08. The van der Waals surface area contributed by atoms with Crippen LogP contribution in [0, 0.1) is 0 Å². The van der Waals surface area contributed by atoms with Crippen LogP contribution < -0.4 is 20.4 Å². The maximum Gasteiger partial charge on any atom is 0.266 e. The van der Waals surface area contributed by atoms with Crippen molar-refractivity contribution in [1.82, 2.24) is 9.38 Å². The van der Waals surface area contributed by atoms with Gasteiger partial charge in [-0.1, -0.05) is 42.5 Å². The summed E-state index contributed by atoms with van der Waals surface area (Å²) < 4.78 is 12.8. The van der Waals surface area contributed by atoms with Gasteiger partial charge in [0.25, 0.3) is 5.56 Å². The first-order valence-corrected chi connectivity index (χ1v) is 9.27. The van der Waals surface area contributed by atoms with Crippen molar-refractivity contribution in [1.29, 1.82) is 0 Å². The standard InChI is InChI=1S/C24H18N2O3/c1-28-20-13-12-17-19(14-15-8-4-3-5-9-15)26-23(21(17)22(20)29-2)25-18-11-7-6-10-16(18)24(26)27/h3-14H,1-2H3/b19-14+. The fourth-order valence-corrected chi connectivity index (χ4v) is 3.86. The molecule has 2 heterocycles. The van der Waals surface area contributed by atoms with Crippen LogP contribution in [0.2, 0.25) is 0 Å². The van der Waals surface area contributed by atoms with Crippen molar-refractivity contribution in [2.75, 3.05) is 14.2 Å². The molecule has 5 nitrogen and oxygen atoms in total. The van der Waals surface area contributed by atoms with Crippen molar-refractivity contribution in [2.45, 2.75) is 0 Å². The summed E-state index contributed by atoms with van der Waals surface area (Å²) in [6, 6.07) is 21.1. The molecule has 0 aliphatic rings. The molecule has 0 bridgehead atoms. The first-order chi connectivity index (χ1) is 14.2. The second kappa shape index (κ2) is 6.63. The number of rotatable bonds is 3. The average molecular weight is 382 g/mol. The number of aromatic nitrogens is 2. The lowest BCUT2D eigenvalue weighted by atomic mass is 10.1. The topological polar surface area (TPSA) is 52.8 Å². The fraction of sp³-hybridized carbons (Fsp3) is 0.0833. The highest BCUT2D eigenvalue weighted by atomic mass is 16.5. The molecule has 0 unspecified atom stereocenters. The molecule has 0 N–H and O–H groups in total. The van der Waals surface area contributed by atoms with E-state index in [1.54, 1.807) is 24.7 Å². The summed E-state index contributed by atoms with van der Waals surface area (Å²) >= 11 is 0. The second-order valence-corrected chi connectivity index (χ2v) is 6.76. The number of nitrogens with zero attached hydrogens (tertiary/aromatic N) is 2. The van der Waals surface area contributed by atoms with Gasteiger partial charge in [-0.15, -0.1) is 0 Å². The van der Waals surface area contributed by atoms with Crippen molar-refractivity contribution in [3.05, 3.63) is 88.0 Å². The molecular formula is C24H18N2O3. The lowest BCUT2D eigenvalue weighted by Crippen LogP contribution is -2.24. The van der Waals surface area contributed by atoms with Crippen LogP contribution in [-0.2, 0) is 0 Å². The summed E-state index contributed by atoms with van der Waals surface area (Å²) in [6.45, 7) is 0. The summed E-state index contributed by atoms with van der Waals surface area (Å²) in [5, 5.41) is 2.99. The minimum atomic E-state index is -0.106.